The molecule has 0 radical (unpaired) electrons. The number of H-pyrrole nitrogens is 1. The molecule has 214 valence electrons. The molecule has 0 fully saturated rings. The number of fused-ring (bicyclic) bond motifs is 4. The van der Waals surface area contributed by atoms with Crippen LogP contribution in [0.5, 0.6) is 17.2 Å². The number of aromatic amines is 1. The molecule has 6 rings (SSSR count). The van der Waals surface area contributed by atoms with Gasteiger partial charge in [-0.05, 0) is 40.8 Å². The predicted octanol–water partition coefficient (Wildman–Crippen LogP) is 6.86. The highest BCUT2D eigenvalue weighted by molar-refractivity contribution is 6.19. The lowest BCUT2D eigenvalue weighted by Gasteiger charge is -2.19. The molecule has 0 saturated heterocycles. The van der Waals surface area contributed by atoms with Gasteiger partial charge in [0.1, 0.15) is 18.1 Å². The van der Waals surface area contributed by atoms with Gasteiger partial charge in [0.05, 0.1) is 19.9 Å². The van der Waals surface area contributed by atoms with Gasteiger partial charge in [0, 0.05) is 59.4 Å². The monoisotopic (exact) mass is 583 g/mol. The quantitative estimate of drug-likeness (QED) is 0.195. The minimum absolute atomic E-state index is 0.0903. The summed E-state index contributed by atoms with van der Waals surface area (Å²) < 4.78 is 17.3. The van der Waals surface area contributed by atoms with Crippen LogP contribution in [0.25, 0.3) is 21.7 Å². The summed E-state index contributed by atoms with van der Waals surface area (Å²) in [6.45, 7) is 2.24. The highest BCUT2D eigenvalue weighted by Crippen LogP contribution is 2.47. The molecule has 5 aromatic rings. The number of carbonyl (C=O) groups is 2. The van der Waals surface area contributed by atoms with Gasteiger partial charge in [-0.1, -0.05) is 36.4 Å². The van der Waals surface area contributed by atoms with E-state index in [-0.39, 0.29) is 17.7 Å². The number of benzene rings is 4. The van der Waals surface area contributed by atoms with E-state index in [0.717, 1.165) is 38.5 Å². The molecule has 1 unspecified atom stereocenters. The van der Waals surface area contributed by atoms with Crippen molar-refractivity contribution >= 4 is 56.5 Å². The summed E-state index contributed by atoms with van der Waals surface area (Å²) >= 11 is 6.50. The van der Waals surface area contributed by atoms with Crippen LogP contribution in [0.2, 0.25) is 0 Å². The van der Waals surface area contributed by atoms with E-state index in [2.05, 4.69) is 10.3 Å². The fraction of sp³-hybridized carbons (Fsp3) is 0.212. The van der Waals surface area contributed by atoms with Gasteiger partial charge in [-0.15, -0.1) is 11.6 Å². The maximum atomic E-state index is 14.1. The molecule has 2 amide bonds. The van der Waals surface area contributed by atoms with Crippen molar-refractivity contribution in [3.8, 4) is 17.2 Å². The molecule has 0 aliphatic carbocycles. The van der Waals surface area contributed by atoms with Crippen LogP contribution >= 0.6 is 11.6 Å². The average molecular weight is 584 g/mol. The van der Waals surface area contributed by atoms with Crippen LogP contribution in [0.15, 0.2) is 72.8 Å². The van der Waals surface area contributed by atoms with Crippen molar-refractivity contribution in [1.82, 2.24) is 4.98 Å². The summed E-state index contributed by atoms with van der Waals surface area (Å²) in [5, 5.41) is 5.46. The number of methoxy groups -OCH3 is 2. The number of hydrogen-bond acceptors (Lipinski definition) is 5. The number of halogens is 1. The Bertz CT molecular complexity index is 1780. The number of anilines is 2. The fourth-order valence-corrected chi connectivity index (χ4v) is 5.89. The van der Waals surface area contributed by atoms with Gasteiger partial charge in [0.25, 0.3) is 5.91 Å². The highest BCUT2D eigenvalue weighted by atomic mass is 35.5. The van der Waals surface area contributed by atoms with E-state index in [4.69, 9.17) is 25.8 Å². The molecule has 0 saturated carbocycles. The zero-order valence-electron chi connectivity index (χ0n) is 23.5. The fourth-order valence-electron chi connectivity index (χ4n) is 5.64. The van der Waals surface area contributed by atoms with Crippen molar-refractivity contribution < 1.29 is 23.8 Å². The molecule has 9 heteroatoms. The maximum absolute atomic E-state index is 14.1. The Hall–Kier alpha value is -4.69. The minimum Gasteiger partial charge on any atom is -0.493 e. The summed E-state index contributed by atoms with van der Waals surface area (Å²) in [4.78, 5) is 30.9. The number of amides is 2. The molecular weight excluding hydrogens is 554 g/mol. The Balaban J connectivity index is 1.45. The number of ether oxygens (including phenoxy) is 3. The number of nitrogens with one attached hydrogen (secondary N) is 2. The van der Waals surface area contributed by atoms with E-state index in [0.29, 0.717) is 47.7 Å². The van der Waals surface area contributed by atoms with Gasteiger partial charge in [0.15, 0.2) is 11.5 Å². The van der Waals surface area contributed by atoms with E-state index in [9.17, 15) is 9.59 Å². The van der Waals surface area contributed by atoms with Crippen LogP contribution in [0.1, 0.15) is 34.5 Å². The number of alkyl halides is 1. The Kier molecular flexibility index (Phi) is 7.39. The second-order valence-corrected chi connectivity index (χ2v) is 10.6. The third-order valence-electron chi connectivity index (χ3n) is 7.57. The molecular formula is C33H30ClN3O5. The molecule has 42 heavy (non-hydrogen) atoms. The minimum atomic E-state index is -0.179. The largest absolute Gasteiger partial charge is 0.493 e. The van der Waals surface area contributed by atoms with E-state index < -0.39 is 0 Å². The number of hydrogen-bond donors (Lipinski definition) is 2. The third kappa shape index (κ3) is 4.99. The lowest BCUT2D eigenvalue weighted by Crippen LogP contribution is -2.30. The molecule has 1 aromatic heterocycles. The lowest BCUT2D eigenvalue weighted by molar-refractivity contribution is -0.114. The van der Waals surface area contributed by atoms with E-state index in [1.54, 1.807) is 19.1 Å². The second kappa shape index (κ2) is 11.3. The first kappa shape index (κ1) is 27.5. The van der Waals surface area contributed by atoms with Crippen molar-refractivity contribution in [2.24, 2.45) is 0 Å². The van der Waals surface area contributed by atoms with Crippen LogP contribution in [0, 0.1) is 0 Å². The van der Waals surface area contributed by atoms with E-state index >= 15 is 0 Å². The van der Waals surface area contributed by atoms with Gasteiger partial charge in [-0.3, -0.25) is 9.59 Å². The van der Waals surface area contributed by atoms with Gasteiger partial charge in [-0.25, -0.2) is 0 Å². The Morgan fingerprint density at radius 2 is 1.71 bits per heavy atom. The maximum Gasteiger partial charge on any atom is 0.274 e. The molecule has 0 spiro atoms. The Morgan fingerprint density at radius 1 is 0.952 bits per heavy atom. The number of nitrogens with zero attached hydrogens (tertiary/aromatic N) is 1. The van der Waals surface area contributed by atoms with Gasteiger partial charge >= 0.3 is 0 Å². The smallest absolute Gasteiger partial charge is 0.274 e. The van der Waals surface area contributed by atoms with Crippen LogP contribution < -0.4 is 24.4 Å². The van der Waals surface area contributed by atoms with E-state index in [1.165, 1.54) is 6.92 Å². The van der Waals surface area contributed by atoms with Crippen molar-refractivity contribution in [1.29, 1.82) is 0 Å². The zero-order chi connectivity index (χ0) is 29.4. The number of aromatic nitrogens is 1. The SMILES string of the molecule is COc1cc2cc(C(=O)N3CC(CCl)c4c3cc(OCc3ccccc3)c3cc(NC(C)=O)ccc43)[nH]c2cc1OC. The predicted molar refractivity (Wildman–Crippen MR) is 166 cm³/mol. The number of carbonyl (C=O) groups excluding carboxylic acids is 2. The molecule has 2 heterocycles. The van der Waals surface area contributed by atoms with Crippen LogP contribution in [-0.4, -0.2) is 43.4 Å². The highest BCUT2D eigenvalue weighted by Gasteiger charge is 2.36. The molecule has 0 bridgehead atoms. The molecule has 4 aromatic carbocycles. The summed E-state index contributed by atoms with van der Waals surface area (Å²) in [5.41, 5.74) is 4.61. The average Bonchev–Trinajstić information content (AvgIpc) is 3.60. The number of rotatable bonds is 8. The van der Waals surface area contributed by atoms with E-state index in [1.807, 2.05) is 72.8 Å². The summed E-state index contributed by atoms with van der Waals surface area (Å²) in [5.74, 6) is 1.68. The first-order valence-corrected chi connectivity index (χ1v) is 14.1. The second-order valence-electron chi connectivity index (χ2n) is 10.3. The normalized spacial score (nSPS) is 14.2. The standard InChI is InChI=1S/C33H30ClN3O5/c1-19(38)35-23-9-10-24-25(13-23)29(42-18-20-7-5-4-6-8-20)15-28-32(24)22(16-34)17-37(28)33(39)27-11-21-12-30(40-2)31(41-3)14-26(21)36-27/h4-15,22,36H,16-18H2,1-3H3,(H,35,38). The van der Waals surface area contributed by atoms with Crippen LogP contribution in [-0.2, 0) is 11.4 Å². The Morgan fingerprint density at radius 3 is 2.43 bits per heavy atom. The Labute approximate surface area is 248 Å². The molecule has 1 atom stereocenters. The molecule has 8 nitrogen and oxygen atoms in total. The summed E-state index contributed by atoms with van der Waals surface area (Å²) in [6, 6.07) is 23.0. The summed E-state index contributed by atoms with van der Waals surface area (Å²) in [7, 11) is 3.16. The van der Waals surface area contributed by atoms with Crippen molar-refractivity contribution in [2.45, 2.75) is 19.4 Å². The first-order valence-electron chi connectivity index (χ1n) is 13.6. The molecule has 1 aliphatic rings. The third-order valence-corrected chi connectivity index (χ3v) is 7.94. The lowest BCUT2D eigenvalue weighted by atomic mass is 9.95. The zero-order valence-corrected chi connectivity index (χ0v) is 24.2. The van der Waals surface area contributed by atoms with Gasteiger partial charge in [-0.2, -0.15) is 0 Å². The van der Waals surface area contributed by atoms with Crippen molar-refractivity contribution in [2.75, 3.05) is 36.9 Å². The van der Waals surface area contributed by atoms with Crippen LogP contribution in [0.3, 0.4) is 0 Å². The van der Waals surface area contributed by atoms with Gasteiger partial charge < -0.3 is 29.4 Å². The molecule has 2 N–H and O–H groups in total. The van der Waals surface area contributed by atoms with Crippen LogP contribution in [0.4, 0.5) is 11.4 Å². The molecule has 1 aliphatic heterocycles. The van der Waals surface area contributed by atoms with Gasteiger partial charge in [0.2, 0.25) is 5.91 Å². The van der Waals surface area contributed by atoms with Crippen molar-refractivity contribution in [3.63, 3.8) is 0 Å². The van der Waals surface area contributed by atoms with Crippen molar-refractivity contribution in [3.05, 3.63) is 89.6 Å². The first-order chi connectivity index (χ1) is 20.4. The summed E-state index contributed by atoms with van der Waals surface area (Å²) in [6.07, 6.45) is 0. The topological polar surface area (TPSA) is 92.9 Å².